The molecule has 3 aromatic heterocycles. The molecule has 0 unspecified atom stereocenters. The first-order valence-corrected chi connectivity index (χ1v) is 9.46. The van der Waals surface area contributed by atoms with Gasteiger partial charge in [0.15, 0.2) is 0 Å². The highest BCUT2D eigenvalue weighted by atomic mass is 16.5. The van der Waals surface area contributed by atoms with Crippen molar-refractivity contribution < 1.29 is 14.3 Å². The number of carbonyl (C=O) groups excluding carboxylic acids is 1. The van der Waals surface area contributed by atoms with Gasteiger partial charge < -0.3 is 14.8 Å². The van der Waals surface area contributed by atoms with Crippen LogP contribution < -0.4 is 14.8 Å². The second-order valence-electron chi connectivity index (χ2n) is 6.59. The van der Waals surface area contributed by atoms with Gasteiger partial charge in [0, 0.05) is 53.7 Å². The van der Waals surface area contributed by atoms with Gasteiger partial charge in [-0.3, -0.25) is 9.78 Å². The minimum Gasteiger partial charge on any atom is -0.481 e. The van der Waals surface area contributed by atoms with Gasteiger partial charge in [-0.15, -0.1) is 0 Å². The van der Waals surface area contributed by atoms with E-state index < -0.39 is 0 Å². The number of rotatable bonds is 6. The molecular formula is C23H19N5O3. The normalized spacial score (nSPS) is 10.4. The number of hydrogen-bond donors (Lipinski definition) is 1. The number of amides is 1. The second-order valence-corrected chi connectivity index (χ2v) is 6.59. The molecule has 1 N–H and O–H groups in total. The molecule has 0 radical (unpaired) electrons. The summed E-state index contributed by atoms with van der Waals surface area (Å²) in [5, 5.41) is 2.85. The SMILES string of the molecule is COc1cc(C(=O)Nc2ccc(C)c(Oc3nccc(-c4cccnc4)n3)c2)ccn1. The van der Waals surface area contributed by atoms with Crippen molar-refractivity contribution in [2.75, 3.05) is 12.4 Å². The minimum atomic E-state index is -0.287. The Morgan fingerprint density at radius 3 is 2.68 bits per heavy atom. The van der Waals surface area contributed by atoms with Crippen molar-refractivity contribution in [3.8, 4) is 28.9 Å². The molecule has 3 heterocycles. The van der Waals surface area contributed by atoms with E-state index in [4.69, 9.17) is 9.47 Å². The molecule has 0 aliphatic rings. The molecule has 0 aliphatic carbocycles. The van der Waals surface area contributed by atoms with Crippen molar-refractivity contribution >= 4 is 11.6 Å². The Kier molecular flexibility index (Phi) is 5.79. The Hall–Kier alpha value is -4.33. The van der Waals surface area contributed by atoms with Gasteiger partial charge in [-0.25, -0.2) is 9.97 Å². The Labute approximate surface area is 179 Å². The van der Waals surface area contributed by atoms with Crippen molar-refractivity contribution in [2.24, 2.45) is 0 Å². The highest BCUT2D eigenvalue weighted by Gasteiger charge is 2.11. The average molecular weight is 413 g/mol. The van der Waals surface area contributed by atoms with Gasteiger partial charge in [-0.2, -0.15) is 4.98 Å². The number of nitrogens with one attached hydrogen (secondary N) is 1. The fourth-order valence-electron chi connectivity index (χ4n) is 2.82. The first kappa shape index (κ1) is 20.0. The molecule has 0 spiro atoms. The van der Waals surface area contributed by atoms with E-state index in [-0.39, 0.29) is 11.9 Å². The zero-order valence-electron chi connectivity index (χ0n) is 16.9. The summed E-state index contributed by atoms with van der Waals surface area (Å²) in [6.07, 6.45) is 6.57. The van der Waals surface area contributed by atoms with Crippen LogP contribution in [-0.4, -0.2) is 33.0 Å². The fourth-order valence-corrected chi connectivity index (χ4v) is 2.82. The van der Waals surface area contributed by atoms with Crippen molar-refractivity contribution in [1.82, 2.24) is 19.9 Å². The first-order chi connectivity index (χ1) is 15.1. The molecule has 154 valence electrons. The predicted molar refractivity (Wildman–Crippen MR) is 115 cm³/mol. The van der Waals surface area contributed by atoms with Crippen LogP contribution in [0.3, 0.4) is 0 Å². The highest BCUT2D eigenvalue weighted by Crippen LogP contribution is 2.27. The lowest BCUT2D eigenvalue weighted by molar-refractivity contribution is 0.102. The summed E-state index contributed by atoms with van der Waals surface area (Å²) >= 11 is 0. The van der Waals surface area contributed by atoms with Crippen molar-refractivity contribution in [1.29, 1.82) is 0 Å². The number of pyridine rings is 2. The van der Waals surface area contributed by atoms with Crippen LogP contribution in [0.1, 0.15) is 15.9 Å². The molecule has 8 heteroatoms. The summed E-state index contributed by atoms with van der Waals surface area (Å²) in [7, 11) is 1.50. The summed E-state index contributed by atoms with van der Waals surface area (Å²) in [6, 6.07) is 14.3. The Balaban J connectivity index is 1.54. The molecule has 1 amide bonds. The molecule has 0 saturated heterocycles. The van der Waals surface area contributed by atoms with Gasteiger partial charge in [-0.05, 0) is 42.8 Å². The number of nitrogens with zero attached hydrogens (tertiary/aromatic N) is 4. The van der Waals surface area contributed by atoms with Gasteiger partial charge in [0.1, 0.15) is 5.75 Å². The molecule has 4 aromatic rings. The van der Waals surface area contributed by atoms with E-state index in [0.29, 0.717) is 28.6 Å². The number of benzene rings is 1. The lowest BCUT2D eigenvalue weighted by atomic mass is 10.2. The summed E-state index contributed by atoms with van der Waals surface area (Å²) in [5.41, 5.74) is 3.44. The topological polar surface area (TPSA) is 99.1 Å². The second kappa shape index (κ2) is 9.00. The molecule has 1 aromatic carbocycles. The van der Waals surface area contributed by atoms with Crippen LogP contribution in [0.4, 0.5) is 5.69 Å². The molecule has 0 atom stereocenters. The van der Waals surface area contributed by atoms with Crippen LogP contribution in [0.2, 0.25) is 0 Å². The molecule has 8 nitrogen and oxygen atoms in total. The van der Waals surface area contributed by atoms with E-state index >= 15 is 0 Å². The first-order valence-electron chi connectivity index (χ1n) is 9.46. The summed E-state index contributed by atoms with van der Waals surface area (Å²) in [5.74, 6) is 0.616. The lowest BCUT2D eigenvalue weighted by Crippen LogP contribution is -2.12. The predicted octanol–water partition coefficient (Wildman–Crippen LogP) is 4.30. The summed E-state index contributed by atoms with van der Waals surface area (Å²) < 4.78 is 11.0. The van der Waals surface area contributed by atoms with E-state index in [1.165, 1.54) is 13.3 Å². The minimum absolute atomic E-state index is 0.201. The van der Waals surface area contributed by atoms with Gasteiger partial charge in [-0.1, -0.05) is 6.07 Å². The zero-order chi connectivity index (χ0) is 21.6. The smallest absolute Gasteiger partial charge is 0.322 e. The van der Waals surface area contributed by atoms with Crippen LogP contribution in [0.15, 0.2) is 73.3 Å². The quantitative estimate of drug-likeness (QED) is 0.503. The van der Waals surface area contributed by atoms with Crippen molar-refractivity contribution in [3.63, 3.8) is 0 Å². The highest BCUT2D eigenvalue weighted by molar-refractivity contribution is 6.04. The van der Waals surface area contributed by atoms with Crippen molar-refractivity contribution in [2.45, 2.75) is 6.92 Å². The van der Waals surface area contributed by atoms with Gasteiger partial charge in [0.05, 0.1) is 12.8 Å². The Bertz CT molecular complexity index is 1210. The monoisotopic (exact) mass is 413 g/mol. The molecule has 0 aliphatic heterocycles. The Morgan fingerprint density at radius 2 is 1.87 bits per heavy atom. The van der Waals surface area contributed by atoms with Crippen LogP contribution >= 0.6 is 0 Å². The lowest BCUT2D eigenvalue weighted by Gasteiger charge is -2.11. The van der Waals surface area contributed by atoms with Crippen LogP contribution in [-0.2, 0) is 0 Å². The van der Waals surface area contributed by atoms with Gasteiger partial charge in [0.2, 0.25) is 5.88 Å². The zero-order valence-corrected chi connectivity index (χ0v) is 16.9. The standard InChI is InChI=1S/C23H19N5O3/c1-15-5-6-18(27-22(29)16-7-10-25-21(12-16)30-2)13-20(15)31-23-26-11-8-19(28-23)17-4-3-9-24-14-17/h3-14H,1-2H3,(H,27,29). The molecule has 0 saturated carbocycles. The average Bonchev–Trinajstić information content (AvgIpc) is 2.82. The number of ether oxygens (including phenoxy) is 2. The van der Waals surface area contributed by atoms with Crippen LogP contribution in [0, 0.1) is 6.92 Å². The number of anilines is 1. The third kappa shape index (κ3) is 4.81. The van der Waals surface area contributed by atoms with E-state index in [2.05, 4.69) is 25.3 Å². The molecule has 0 bridgehead atoms. The summed E-state index contributed by atoms with van der Waals surface area (Å²) in [4.78, 5) is 29.3. The van der Waals surface area contributed by atoms with E-state index in [9.17, 15) is 4.79 Å². The number of aryl methyl sites for hydroxylation is 1. The fraction of sp³-hybridized carbons (Fsp3) is 0.0870. The number of aromatic nitrogens is 4. The van der Waals surface area contributed by atoms with Gasteiger partial charge >= 0.3 is 6.01 Å². The van der Waals surface area contributed by atoms with Crippen LogP contribution in [0.25, 0.3) is 11.3 Å². The third-order valence-electron chi connectivity index (χ3n) is 4.44. The van der Waals surface area contributed by atoms with Crippen molar-refractivity contribution in [3.05, 3.63) is 84.4 Å². The van der Waals surface area contributed by atoms with Gasteiger partial charge in [0.25, 0.3) is 5.91 Å². The number of hydrogen-bond acceptors (Lipinski definition) is 7. The van der Waals surface area contributed by atoms with E-state index in [1.54, 1.807) is 48.9 Å². The number of methoxy groups -OCH3 is 1. The molecule has 4 rings (SSSR count). The summed E-state index contributed by atoms with van der Waals surface area (Å²) in [6.45, 7) is 1.90. The van der Waals surface area contributed by atoms with E-state index in [1.807, 2.05) is 25.1 Å². The number of carbonyl (C=O) groups is 1. The Morgan fingerprint density at radius 1 is 1.00 bits per heavy atom. The maximum atomic E-state index is 12.6. The largest absolute Gasteiger partial charge is 0.481 e. The molecular weight excluding hydrogens is 394 g/mol. The van der Waals surface area contributed by atoms with Crippen LogP contribution in [0.5, 0.6) is 17.6 Å². The maximum absolute atomic E-state index is 12.6. The molecule has 31 heavy (non-hydrogen) atoms. The maximum Gasteiger partial charge on any atom is 0.322 e. The van der Waals surface area contributed by atoms with E-state index in [0.717, 1.165) is 11.1 Å². The third-order valence-corrected chi connectivity index (χ3v) is 4.44. The molecule has 0 fully saturated rings.